The first kappa shape index (κ1) is 24.0. The van der Waals surface area contributed by atoms with Crippen LogP contribution in [0.3, 0.4) is 0 Å². The van der Waals surface area contributed by atoms with Gasteiger partial charge in [0.05, 0.1) is 28.2 Å². The molecule has 2 aromatic carbocycles. The molecule has 0 saturated carbocycles. The lowest BCUT2D eigenvalue weighted by Crippen LogP contribution is -2.38. The van der Waals surface area contributed by atoms with E-state index < -0.39 is 0 Å². The Hall–Kier alpha value is -4.70. The van der Waals surface area contributed by atoms with Gasteiger partial charge in [0.25, 0.3) is 0 Å². The smallest absolute Gasteiger partial charge is 0.231 e. The summed E-state index contributed by atoms with van der Waals surface area (Å²) in [4.78, 5) is 13.1. The van der Waals surface area contributed by atoms with Crippen LogP contribution in [0.1, 0.15) is 60.5 Å². The predicted molar refractivity (Wildman–Crippen MR) is 172 cm³/mol. The molecular formula is C38H31N3O. The summed E-state index contributed by atoms with van der Waals surface area (Å²) in [7, 11) is 0. The molecule has 204 valence electrons. The van der Waals surface area contributed by atoms with E-state index in [9.17, 15) is 0 Å². The van der Waals surface area contributed by atoms with Crippen molar-refractivity contribution in [1.82, 2.24) is 9.97 Å². The molecule has 4 aromatic rings. The number of hydrogen-bond donors (Lipinski definition) is 0. The number of hydrogen-bond acceptors (Lipinski definition) is 4. The van der Waals surface area contributed by atoms with Gasteiger partial charge < -0.3 is 9.32 Å². The summed E-state index contributed by atoms with van der Waals surface area (Å²) in [6.45, 7) is 0. The summed E-state index contributed by atoms with van der Waals surface area (Å²) in [5, 5.41) is 3.37. The Kier molecular flexibility index (Phi) is 5.37. The van der Waals surface area contributed by atoms with E-state index in [4.69, 9.17) is 14.4 Å². The van der Waals surface area contributed by atoms with Gasteiger partial charge in [-0.2, -0.15) is 0 Å². The molecule has 2 unspecified atom stereocenters. The molecule has 2 atom stereocenters. The van der Waals surface area contributed by atoms with Gasteiger partial charge in [-0.05, 0) is 54.9 Å². The number of aromatic nitrogens is 2. The first-order chi connectivity index (χ1) is 20.8. The highest BCUT2D eigenvalue weighted by atomic mass is 16.3. The summed E-state index contributed by atoms with van der Waals surface area (Å²) in [6.07, 6.45) is 30.9. The van der Waals surface area contributed by atoms with Gasteiger partial charge in [0.15, 0.2) is 0 Å². The maximum Gasteiger partial charge on any atom is 0.231 e. The van der Waals surface area contributed by atoms with Crippen LogP contribution in [0.5, 0.6) is 0 Å². The van der Waals surface area contributed by atoms with Crippen LogP contribution in [-0.2, 0) is 6.42 Å². The third-order valence-electron chi connectivity index (χ3n) is 9.37. The van der Waals surface area contributed by atoms with Gasteiger partial charge in [0.1, 0.15) is 11.3 Å². The average molecular weight is 546 g/mol. The van der Waals surface area contributed by atoms with E-state index in [1.54, 1.807) is 0 Å². The van der Waals surface area contributed by atoms with Gasteiger partial charge in [0.2, 0.25) is 5.95 Å². The van der Waals surface area contributed by atoms with E-state index in [-0.39, 0.29) is 12.0 Å². The molecule has 0 bridgehead atoms. The van der Waals surface area contributed by atoms with Crippen LogP contribution in [0.15, 0.2) is 89.4 Å². The van der Waals surface area contributed by atoms with Crippen LogP contribution < -0.4 is 15.5 Å². The lowest BCUT2D eigenvalue weighted by Gasteiger charge is -2.27. The van der Waals surface area contributed by atoms with Crippen LogP contribution >= 0.6 is 0 Å². The molecule has 3 heterocycles. The first-order valence-electron chi connectivity index (χ1n) is 15.3. The highest BCUT2D eigenvalue weighted by Crippen LogP contribution is 2.52. The highest BCUT2D eigenvalue weighted by molar-refractivity contribution is 6.03. The van der Waals surface area contributed by atoms with Crippen molar-refractivity contribution in [2.24, 2.45) is 0 Å². The molecule has 9 rings (SSSR count). The van der Waals surface area contributed by atoms with Gasteiger partial charge in [-0.3, -0.25) is 0 Å². The third-order valence-corrected chi connectivity index (χ3v) is 9.37. The fourth-order valence-electron chi connectivity index (χ4n) is 7.37. The zero-order valence-corrected chi connectivity index (χ0v) is 23.5. The molecule has 0 saturated heterocycles. The van der Waals surface area contributed by atoms with Gasteiger partial charge in [-0.25, -0.2) is 9.97 Å². The molecule has 1 aliphatic heterocycles. The summed E-state index contributed by atoms with van der Waals surface area (Å²) in [6, 6.07) is 13.5. The second kappa shape index (κ2) is 9.42. The molecule has 0 fully saturated rings. The van der Waals surface area contributed by atoms with E-state index in [1.807, 2.05) is 0 Å². The number of rotatable bonds is 3. The van der Waals surface area contributed by atoms with Crippen LogP contribution in [0.25, 0.3) is 46.0 Å². The zero-order chi connectivity index (χ0) is 27.6. The van der Waals surface area contributed by atoms with E-state index in [1.165, 1.54) is 33.3 Å². The summed E-state index contributed by atoms with van der Waals surface area (Å²) in [5.74, 6) is 2.08. The van der Waals surface area contributed by atoms with Crippen molar-refractivity contribution in [3.63, 3.8) is 0 Å². The number of allylic oxidation sites excluding steroid dienone is 7. The van der Waals surface area contributed by atoms with Crippen molar-refractivity contribution < 1.29 is 4.42 Å². The van der Waals surface area contributed by atoms with Crippen LogP contribution in [-0.4, -0.2) is 16.0 Å². The molecule has 2 aromatic heterocycles. The maximum atomic E-state index is 6.42. The minimum atomic E-state index is 0.112. The second-order valence-corrected chi connectivity index (χ2v) is 11.8. The standard InChI is InChI=1S/C38H31N3O/c1-2-10-24(11-3-1)25-18-20-26(21-19-25)36-29-13-4-7-15-31(29)39-38(40-36)41-32-16-8-5-12-27(32)28-22-23-34-35(37(28)41)30-14-6-9-17-33(30)42-34/h1-2,5-6,8,10,12-16,18-23,27,32H,3-4,7,9,11,17H2. The van der Waals surface area contributed by atoms with Crippen LogP contribution in [0, 0.1) is 0 Å². The molecule has 42 heavy (non-hydrogen) atoms. The number of furan rings is 1. The molecular weight excluding hydrogens is 514 g/mol. The highest BCUT2D eigenvalue weighted by Gasteiger charge is 2.41. The second-order valence-electron chi connectivity index (χ2n) is 11.8. The van der Waals surface area contributed by atoms with Crippen molar-refractivity contribution in [2.75, 3.05) is 4.90 Å². The summed E-state index contributed by atoms with van der Waals surface area (Å²) >= 11 is 0. The third kappa shape index (κ3) is 3.61. The zero-order valence-electron chi connectivity index (χ0n) is 23.5. The van der Waals surface area contributed by atoms with E-state index in [2.05, 4.69) is 108 Å². The minimum Gasteiger partial charge on any atom is -0.460 e. The Morgan fingerprint density at radius 3 is 2.55 bits per heavy atom. The topological polar surface area (TPSA) is 42.2 Å². The maximum absolute atomic E-state index is 6.42. The molecule has 4 aliphatic carbocycles. The van der Waals surface area contributed by atoms with Crippen molar-refractivity contribution in [3.8, 4) is 11.3 Å². The fourth-order valence-corrected chi connectivity index (χ4v) is 7.37. The predicted octanol–water partition coefficient (Wildman–Crippen LogP) is 7.67. The number of anilines is 2. The van der Waals surface area contributed by atoms with E-state index in [0.717, 1.165) is 77.6 Å². The fraction of sp³-hybridized carbons (Fsp3) is 0.211. The summed E-state index contributed by atoms with van der Waals surface area (Å²) < 4.78 is 6.42. The largest absolute Gasteiger partial charge is 0.460 e. The van der Waals surface area contributed by atoms with E-state index in [0.29, 0.717) is 0 Å². The minimum absolute atomic E-state index is 0.112. The van der Waals surface area contributed by atoms with E-state index >= 15 is 0 Å². The van der Waals surface area contributed by atoms with Crippen LogP contribution in [0.2, 0.25) is 0 Å². The molecule has 4 nitrogen and oxygen atoms in total. The first-order valence-corrected chi connectivity index (χ1v) is 15.3. The Morgan fingerprint density at radius 2 is 1.64 bits per heavy atom. The number of nitrogens with zero attached hydrogens (tertiary/aromatic N) is 3. The van der Waals surface area contributed by atoms with Crippen LogP contribution in [0.4, 0.5) is 11.6 Å². The summed E-state index contributed by atoms with van der Waals surface area (Å²) in [5.41, 5.74) is 9.49. The molecule has 0 radical (unpaired) electrons. The average Bonchev–Trinajstić information content (AvgIpc) is 3.60. The lowest BCUT2D eigenvalue weighted by molar-refractivity contribution is 0.546. The number of fused-ring (bicyclic) bond motifs is 8. The van der Waals surface area contributed by atoms with Gasteiger partial charge in [-0.1, -0.05) is 97.2 Å². The Morgan fingerprint density at radius 1 is 0.786 bits per heavy atom. The van der Waals surface area contributed by atoms with Crippen molar-refractivity contribution in [2.45, 2.75) is 50.5 Å². The Labute approximate surface area is 245 Å². The lowest BCUT2D eigenvalue weighted by atomic mass is 9.90. The quantitative estimate of drug-likeness (QED) is 0.265. The number of aryl methyl sites for hydroxylation is 1. The molecule has 4 heteroatoms. The molecule has 0 amide bonds. The van der Waals surface area contributed by atoms with Gasteiger partial charge in [-0.15, -0.1) is 0 Å². The molecule has 0 N–H and O–H groups in total. The Bertz CT molecular complexity index is 2050. The van der Waals surface area contributed by atoms with Crippen molar-refractivity contribution in [1.29, 1.82) is 0 Å². The van der Waals surface area contributed by atoms with Crippen molar-refractivity contribution in [3.05, 3.63) is 118 Å². The Balaban J connectivity index is 1.26. The monoisotopic (exact) mass is 545 g/mol. The number of benzene rings is 2. The van der Waals surface area contributed by atoms with Gasteiger partial charge in [0, 0.05) is 28.7 Å². The van der Waals surface area contributed by atoms with Crippen molar-refractivity contribution >= 4 is 46.4 Å². The normalized spacial score (nSPS) is 21.3. The SMILES string of the molecule is C1=CCCC(c2ccc(-c3nc(N4c5c(ccc6oc7c(c56)C=CCC7)C5C=CC=CC54)nc4c3=CCCC=4)cc2)=C1. The molecule has 0 spiro atoms. The van der Waals surface area contributed by atoms with Gasteiger partial charge >= 0.3 is 0 Å². The molecule has 5 aliphatic rings.